The molecule has 0 aliphatic carbocycles. The second-order valence-corrected chi connectivity index (χ2v) is 8.08. The molecule has 0 saturated carbocycles. The third-order valence-electron chi connectivity index (χ3n) is 4.78. The molecule has 0 fully saturated rings. The van der Waals surface area contributed by atoms with E-state index in [0.717, 1.165) is 34.8 Å². The summed E-state index contributed by atoms with van der Waals surface area (Å²) in [5.74, 6) is 0.551. The average molecular weight is 398 g/mol. The number of carbonyl (C=O) groups excluding carboxylic acids is 2. The number of carbonyl (C=O) groups is 2. The summed E-state index contributed by atoms with van der Waals surface area (Å²) in [4.78, 5) is 30.9. The molecule has 1 aliphatic heterocycles. The number of hydrogen-bond donors (Lipinski definition) is 1. The van der Waals surface area contributed by atoms with Gasteiger partial charge in [0, 0.05) is 25.2 Å². The molecule has 1 aromatic carbocycles. The molecule has 2 heterocycles. The number of rotatable bonds is 8. The maximum Gasteiger partial charge on any atom is 0.237 e. The number of aromatic nitrogens is 1. The van der Waals surface area contributed by atoms with Crippen LogP contribution in [-0.2, 0) is 16.0 Å². The maximum atomic E-state index is 12.4. The zero-order valence-corrected chi connectivity index (χ0v) is 17.3. The highest BCUT2D eigenvalue weighted by Gasteiger charge is 2.27. The van der Waals surface area contributed by atoms with E-state index in [4.69, 9.17) is 0 Å². The topological polar surface area (TPSA) is 62.3 Å². The number of nitrogens with zero attached hydrogens (tertiary/aromatic N) is 2. The van der Waals surface area contributed by atoms with Gasteiger partial charge < -0.3 is 10.2 Å². The van der Waals surface area contributed by atoms with E-state index in [2.05, 4.69) is 22.4 Å². The Morgan fingerprint density at radius 3 is 2.79 bits per heavy atom. The molecule has 148 valence electrons. The predicted octanol–water partition coefficient (Wildman–Crippen LogP) is 3.67. The Hall–Kier alpha value is -2.34. The van der Waals surface area contributed by atoms with Crippen molar-refractivity contribution in [3.8, 4) is 0 Å². The number of hydrogen-bond acceptors (Lipinski definition) is 4. The predicted molar refractivity (Wildman–Crippen MR) is 114 cm³/mol. The number of amides is 2. The fraction of sp³-hybridized carbons (Fsp3) is 0.409. The normalized spacial score (nSPS) is 13.4. The Morgan fingerprint density at radius 1 is 1.21 bits per heavy atom. The second kappa shape index (κ2) is 9.73. The lowest BCUT2D eigenvalue weighted by molar-refractivity contribution is -0.121. The van der Waals surface area contributed by atoms with Crippen LogP contribution in [0.4, 0.5) is 5.69 Å². The lowest BCUT2D eigenvalue weighted by Gasteiger charge is -2.30. The Balaban J connectivity index is 1.43. The monoisotopic (exact) mass is 397 g/mol. The molecule has 1 aromatic heterocycles. The van der Waals surface area contributed by atoms with Crippen molar-refractivity contribution in [3.63, 3.8) is 0 Å². The van der Waals surface area contributed by atoms with Gasteiger partial charge >= 0.3 is 0 Å². The van der Waals surface area contributed by atoms with Crippen molar-refractivity contribution in [1.82, 2.24) is 10.3 Å². The molecule has 0 radical (unpaired) electrons. The number of anilines is 1. The SMILES string of the molecule is Cc1cc(C)c2c(n1)SCC(=O)N2CCCC(=O)NCCCc1ccccc1. The first kappa shape index (κ1) is 20.4. The van der Waals surface area contributed by atoms with Gasteiger partial charge in [-0.05, 0) is 50.3 Å². The minimum Gasteiger partial charge on any atom is -0.356 e. The second-order valence-electron chi connectivity index (χ2n) is 7.11. The van der Waals surface area contributed by atoms with Crippen molar-refractivity contribution in [1.29, 1.82) is 0 Å². The van der Waals surface area contributed by atoms with E-state index in [1.807, 2.05) is 38.1 Å². The van der Waals surface area contributed by atoms with Gasteiger partial charge in [-0.3, -0.25) is 9.59 Å². The molecular formula is C22H27N3O2S. The van der Waals surface area contributed by atoms with E-state index in [-0.39, 0.29) is 11.8 Å². The van der Waals surface area contributed by atoms with Gasteiger partial charge in [0.25, 0.3) is 0 Å². The van der Waals surface area contributed by atoms with E-state index < -0.39 is 0 Å². The summed E-state index contributed by atoms with van der Waals surface area (Å²) in [5, 5.41) is 3.90. The number of aryl methyl sites for hydroxylation is 3. The Labute approximate surface area is 170 Å². The minimum atomic E-state index is 0.0471. The van der Waals surface area contributed by atoms with Crippen LogP contribution in [0.5, 0.6) is 0 Å². The van der Waals surface area contributed by atoms with Crippen LogP contribution in [-0.4, -0.2) is 35.6 Å². The van der Waals surface area contributed by atoms with Crippen LogP contribution >= 0.6 is 11.8 Å². The van der Waals surface area contributed by atoms with E-state index in [1.54, 1.807) is 4.90 Å². The van der Waals surface area contributed by atoms with Gasteiger partial charge in [0.2, 0.25) is 11.8 Å². The van der Waals surface area contributed by atoms with E-state index >= 15 is 0 Å². The summed E-state index contributed by atoms with van der Waals surface area (Å²) in [6.07, 6.45) is 2.96. The van der Waals surface area contributed by atoms with Crippen molar-refractivity contribution in [2.45, 2.75) is 44.6 Å². The molecule has 5 nitrogen and oxygen atoms in total. The molecule has 0 saturated heterocycles. The molecule has 2 aromatic rings. The Bertz CT molecular complexity index is 839. The van der Waals surface area contributed by atoms with E-state index in [1.165, 1.54) is 17.3 Å². The summed E-state index contributed by atoms with van der Waals surface area (Å²) in [5.41, 5.74) is 4.23. The quantitative estimate of drug-likeness (QED) is 0.691. The molecule has 0 bridgehead atoms. The summed E-state index contributed by atoms with van der Waals surface area (Å²) < 4.78 is 0. The van der Waals surface area contributed by atoms with Crippen molar-refractivity contribution in [2.75, 3.05) is 23.7 Å². The van der Waals surface area contributed by atoms with E-state index in [0.29, 0.717) is 31.7 Å². The van der Waals surface area contributed by atoms with Gasteiger partial charge in [0.1, 0.15) is 5.03 Å². The molecule has 3 rings (SSSR count). The molecule has 2 amide bonds. The average Bonchev–Trinajstić information content (AvgIpc) is 2.68. The summed E-state index contributed by atoms with van der Waals surface area (Å²) in [7, 11) is 0. The molecule has 0 spiro atoms. The van der Waals surface area contributed by atoms with Gasteiger partial charge in [-0.2, -0.15) is 0 Å². The minimum absolute atomic E-state index is 0.0471. The fourth-order valence-electron chi connectivity index (χ4n) is 3.45. The number of benzene rings is 1. The highest BCUT2D eigenvalue weighted by atomic mass is 32.2. The van der Waals surface area contributed by atoms with Gasteiger partial charge in [-0.1, -0.05) is 42.1 Å². The third kappa shape index (κ3) is 5.35. The van der Waals surface area contributed by atoms with Gasteiger partial charge in [0.15, 0.2) is 0 Å². The fourth-order valence-corrected chi connectivity index (χ4v) is 4.48. The number of nitrogens with one attached hydrogen (secondary N) is 1. The summed E-state index contributed by atoms with van der Waals surface area (Å²) >= 11 is 1.50. The van der Waals surface area contributed by atoms with Crippen LogP contribution in [0.15, 0.2) is 41.4 Å². The molecule has 0 atom stereocenters. The molecule has 28 heavy (non-hydrogen) atoms. The van der Waals surface area contributed by atoms with Gasteiger partial charge in [0.05, 0.1) is 11.4 Å². The first-order valence-corrected chi connectivity index (χ1v) is 10.7. The van der Waals surface area contributed by atoms with Gasteiger partial charge in [-0.15, -0.1) is 0 Å². The number of thioether (sulfide) groups is 1. The standard InChI is InChI=1S/C22H27N3O2S/c1-16-14-17(2)24-22-21(16)25(20(27)15-28-22)13-7-11-19(26)23-12-6-10-18-8-4-3-5-9-18/h3-5,8-9,14H,6-7,10-13,15H2,1-2H3,(H,23,26). The van der Waals surface area contributed by atoms with Crippen molar-refractivity contribution < 1.29 is 9.59 Å². The number of pyridine rings is 1. The highest BCUT2D eigenvalue weighted by Crippen LogP contribution is 2.36. The Morgan fingerprint density at radius 2 is 2.00 bits per heavy atom. The van der Waals surface area contributed by atoms with Crippen LogP contribution in [0, 0.1) is 13.8 Å². The van der Waals surface area contributed by atoms with Crippen LogP contribution in [0.25, 0.3) is 0 Å². The first-order chi connectivity index (χ1) is 13.5. The zero-order valence-electron chi connectivity index (χ0n) is 16.5. The molecular weight excluding hydrogens is 370 g/mol. The third-order valence-corrected chi connectivity index (χ3v) is 5.72. The molecule has 1 aliphatic rings. The zero-order chi connectivity index (χ0) is 19.9. The molecule has 1 N–H and O–H groups in total. The smallest absolute Gasteiger partial charge is 0.237 e. The molecule has 6 heteroatoms. The summed E-state index contributed by atoms with van der Waals surface area (Å²) in [6.45, 7) is 5.21. The van der Waals surface area contributed by atoms with Crippen molar-refractivity contribution in [2.24, 2.45) is 0 Å². The lowest BCUT2D eigenvalue weighted by atomic mass is 10.1. The highest BCUT2D eigenvalue weighted by molar-refractivity contribution is 8.00. The lowest BCUT2D eigenvalue weighted by Crippen LogP contribution is -2.37. The van der Waals surface area contributed by atoms with Crippen LogP contribution in [0.3, 0.4) is 0 Å². The van der Waals surface area contributed by atoms with Crippen molar-refractivity contribution >= 4 is 29.3 Å². The van der Waals surface area contributed by atoms with Crippen LogP contribution in [0.1, 0.15) is 36.1 Å². The maximum absolute atomic E-state index is 12.4. The van der Waals surface area contributed by atoms with Crippen LogP contribution < -0.4 is 10.2 Å². The first-order valence-electron chi connectivity index (χ1n) is 9.76. The van der Waals surface area contributed by atoms with Crippen LogP contribution in [0.2, 0.25) is 0 Å². The number of fused-ring (bicyclic) bond motifs is 1. The largest absolute Gasteiger partial charge is 0.356 e. The Kier molecular flexibility index (Phi) is 7.09. The summed E-state index contributed by atoms with van der Waals surface area (Å²) in [6, 6.07) is 12.3. The van der Waals surface area contributed by atoms with E-state index in [9.17, 15) is 9.59 Å². The molecule has 0 unspecified atom stereocenters. The van der Waals surface area contributed by atoms with Gasteiger partial charge in [-0.25, -0.2) is 4.98 Å². The van der Waals surface area contributed by atoms with Crippen molar-refractivity contribution in [3.05, 3.63) is 53.2 Å².